The second-order valence-electron chi connectivity index (χ2n) is 2.80. The van der Waals surface area contributed by atoms with Crippen molar-refractivity contribution in [1.82, 2.24) is 15.2 Å². The van der Waals surface area contributed by atoms with Gasteiger partial charge in [0.2, 0.25) is 0 Å². The van der Waals surface area contributed by atoms with Crippen LogP contribution in [0.3, 0.4) is 0 Å². The molecule has 0 spiro atoms. The molecule has 2 N–H and O–H groups in total. The van der Waals surface area contributed by atoms with E-state index in [0.29, 0.717) is 21.0 Å². The number of pyridine rings is 1. The molecule has 0 amide bonds. The van der Waals surface area contributed by atoms with Gasteiger partial charge in [0.05, 0.1) is 5.02 Å². The molecule has 0 atom stereocenters. The summed E-state index contributed by atoms with van der Waals surface area (Å²) in [4.78, 5) is 4.65. The minimum absolute atomic E-state index is 0.300. The summed E-state index contributed by atoms with van der Waals surface area (Å²) in [6, 6.07) is 5.18. The molecule has 82 valence electrons. The second-order valence-corrected chi connectivity index (χ2v) is 4.63. The Morgan fingerprint density at radius 1 is 1.12 bits per heavy atom. The van der Waals surface area contributed by atoms with Gasteiger partial charge >= 0.3 is 0 Å². The lowest BCUT2D eigenvalue weighted by molar-refractivity contribution is 0.930. The van der Waals surface area contributed by atoms with Crippen molar-refractivity contribution in [2.45, 2.75) is 9.92 Å². The van der Waals surface area contributed by atoms with Crippen molar-refractivity contribution < 1.29 is 0 Å². The highest BCUT2D eigenvalue weighted by atomic mass is 35.5. The number of halogens is 2. The van der Waals surface area contributed by atoms with Crippen molar-refractivity contribution in [2.75, 3.05) is 5.73 Å². The lowest BCUT2D eigenvalue weighted by atomic mass is 10.5. The topological polar surface area (TPSA) is 64.7 Å². The van der Waals surface area contributed by atoms with E-state index < -0.39 is 0 Å². The van der Waals surface area contributed by atoms with E-state index in [9.17, 15) is 0 Å². The van der Waals surface area contributed by atoms with Crippen molar-refractivity contribution in [3.05, 3.63) is 34.6 Å². The molecule has 2 heterocycles. The Balaban J connectivity index is 2.27. The number of nitrogens with two attached hydrogens (primary N) is 1. The maximum absolute atomic E-state index is 5.99. The summed E-state index contributed by atoms with van der Waals surface area (Å²) in [6.07, 6.45) is 1.59. The molecule has 16 heavy (non-hydrogen) atoms. The van der Waals surface area contributed by atoms with E-state index in [4.69, 9.17) is 28.9 Å². The number of hydrogen-bond donors (Lipinski definition) is 1. The normalized spacial score (nSPS) is 10.4. The molecule has 0 fully saturated rings. The largest absolute Gasteiger partial charge is 0.382 e. The molecule has 0 aliphatic heterocycles. The summed E-state index contributed by atoms with van der Waals surface area (Å²) < 4.78 is 0. The summed E-state index contributed by atoms with van der Waals surface area (Å²) in [6.45, 7) is 0. The molecule has 0 aliphatic rings. The lowest BCUT2D eigenvalue weighted by Crippen LogP contribution is -1.92. The minimum Gasteiger partial charge on any atom is -0.382 e. The van der Waals surface area contributed by atoms with Gasteiger partial charge in [-0.2, -0.15) is 0 Å². The molecule has 2 aromatic rings. The SMILES string of the molecule is Nc1nccc(Sc2ccc(Cl)nn2)c1Cl. The highest BCUT2D eigenvalue weighted by Gasteiger charge is 2.07. The molecule has 0 aliphatic carbocycles. The van der Waals surface area contributed by atoms with Gasteiger partial charge in [0.1, 0.15) is 10.8 Å². The van der Waals surface area contributed by atoms with Crippen LogP contribution >= 0.6 is 35.0 Å². The summed E-state index contributed by atoms with van der Waals surface area (Å²) in [5, 5.41) is 9.10. The third kappa shape index (κ3) is 2.55. The highest BCUT2D eigenvalue weighted by molar-refractivity contribution is 7.99. The molecular formula is C9H6Cl2N4S. The average molecular weight is 273 g/mol. The maximum atomic E-state index is 5.99. The Morgan fingerprint density at radius 2 is 1.94 bits per heavy atom. The van der Waals surface area contributed by atoms with Crippen molar-refractivity contribution in [2.24, 2.45) is 0 Å². The van der Waals surface area contributed by atoms with E-state index in [1.165, 1.54) is 11.8 Å². The summed E-state index contributed by atoms with van der Waals surface area (Å²) in [5.41, 5.74) is 5.58. The van der Waals surface area contributed by atoms with Crippen LogP contribution in [0.5, 0.6) is 0 Å². The van der Waals surface area contributed by atoms with Crippen LogP contribution < -0.4 is 5.73 Å². The lowest BCUT2D eigenvalue weighted by Gasteiger charge is -2.03. The Morgan fingerprint density at radius 3 is 2.62 bits per heavy atom. The molecule has 0 saturated carbocycles. The third-order valence-corrected chi connectivity index (χ3v) is 3.40. The van der Waals surface area contributed by atoms with Crippen LogP contribution in [0.2, 0.25) is 10.2 Å². The number of hydrogen-bond acceptors (Lipinski definition) is 5. The molecular weight excluding hydrogens is 267 g/mol. The molecule has 0 aromatic carbocycles. The van der Waals surface area contributed by atoms with Crippen molar-refractivity contribution in [1.29, 1.82) is 0 Å². The van der Waals surface area contributed by atoms with E-state index in [2.05, 4.69) is 15.2 Å². The standard InChI is InChI=1S/C9H6Cl2N4S/c10-6-1-2-7(15-14-6)16-5-3-4-13-9(12)8(5)11/h1-4H,(H2,12,13). The molecule has 2 aromatic heterocycles. The number of anilines is 1. The quantitative estimate of drug-likeness (QED) is 0.911. The van der Waals surface area contributed by atoms with Crippen LogP contribution in [-0.2, 0) is 0 Å². The Hall–Kier alpha value is -1.04. The van der Waals surface area contributed by atoms with Gasteiger partial charge in [0, 0.05) is 11.1 Å². The highest BCUT2D eigenvalue weighted by Crippen LogP contribution is 2.34. The summed E-state index contributed by atoms with van der Waals surface area (Å²) >= 11 is 13.0. The van der Waals surface area contributed by atoms with Crippen LogP contribution in [0.25, 0.3) is 0 Å². The fourth-order valence-electron chi connectivity index (χ4n) is 0.991. The first-order chi connectivity index (χ1) is 7.66. The fourth-order valence-corrected chi connectivity index (χ4v) is 2.09. The van der Waals surface area contributed by atoms with Crippen LogP contribution in [0.4, 0.5) is 5.82 Å². The number of rotatable bonds is 2. The Labute approximate surface area is 106 Å². The van der Waals surface area contributed by atoms with E-state index in [-0.39, 0.29) is 0 Å². The molecule has 0 radical (unpaired) electrons. The number of aromatic nitrogens is 3. The maximum Gasteiger partial charge on any atom is 0.151 e. The van der Waals surface area contributed by atoms with Crippen molar-refractivity contribution in [3.63, 3.8) is 0 Å². The summed E-state index contributed by atoms with van der Waals surface area (Å²) in [5.74, 6) is 0.300. The first kappa shape index (κ1) is 11.4. The fraction of sp³-hybridized carbons (Fsp3) is 0. The van der Waals surface area contributed by atoms with Crippen LogP contribution in [0.15, 0.2) is 34.3 Å². The molecule has 2 rings (SSSR count). The predicted molar refractivity (Wildman–Crippen MR) is 64.8 cm³/mol. The van der Waals surface area contributed by atoms with Gasteiger partial charge in [-0.1, -0.05) is 35.0 Å². The van der Waals surface area contributed by atoms with Crippen molar-refractivity contribution in [3.8, 4) is 0 Å². The van der Waals surface area contributed by atoms with E-state index >= 15 is 0 Å². The third-order valence-electron chi connectivity index (χ3n) is 1.70. The van der Waals surface area contributed by atoms with E-state index in [1.807, 2.05) is 0 Å². The van der Waals surface area contributed by atoms with E-state index in [0.717, 1.165) is 4.90 Å². The monoisotopic (exact) mass is 272 g/mol. The van der Waals surface area contributed by atoms with Gasteiger partial charge in [-0.25, -0.2) is 4.98 Å². The number of nitrogens with zero attached hydrogens (tertiary/aromatic N) is 3. The molecule has 4 nitrogen and oxygen atoms in total. The molecule has 0 unspecified atom stereocenters. The predicted octanol–water partition coefficient (Wildman–Crippen LogP) is 2.91. The minimum atomic E-state index is 0.300. The van der Waals surface area contributed by atoms with Gasteiger partial charge in [0.15, 0.2) is 5.15 Å². The first-order valence-corrected chi connectivity index (χ1v) is 5.81. The molecule has 7 heteroatoms. The number of nitrogen functional groups attached to an aromatic ring is 1. The zero-order chi connectivity index (χ0) is 11.5. The van der Waals surface area contributed by atoms with Crippen molar-refractivity contribution >= 4 is 40.8 Å². The van der Waals surface area contributed by atoms with Gasteiger partial charge in [-0.15, -0.1) is 10.2 Å². The zero-order valence-corrected chi connectivity index (χ0v) is 10.2. The van der Waals surface area contributed by atoms with Gasteiger partial charge in [-0.3, -0.25) is 0 Å². The molecule has 0 bridgehead atoms. The van der Waals surface area contributed by atoms with Crippen LogP contribution in [0.1, 0.15) is 0 Å². The first-order valence-electron chi connectivity index (χ1n) is 4.24. The molecule has 0 saturated heterocycles. The smallest absolute Gasteiger partial charge is 0.151 e. The van der Waals surface area contributed by atoms with Crippen LogP contribution in [0, 0.1) is 0 Å². The van der Waals surface area contributed by atoms with Crippen LogP contribution in [-0.4, -0.2) is 15.2 Å². The Bertz CT molecular complexity index is 503. The zero-order valence-electron chi connectivity index (χ0n) is 7.89. The van der Waals surface area contributed by atoms with E-state index in [1.54, 1.807) is 24.4 Å². The van der Waals surface area contributed by atoms with Gasteiger partial charge < -0.3 is 5.73 Å². The Kier molecular flexibility index (Phi) is 3.48. The second kappa shape index (κ2) is 4.86. The summed E-state index contributed by atoms with van der Waals surface area (Å²) in [7, 11) is 0. The van der Waals surface area contributed by atoms with Gasteiger partial charge in [-0.05, 0) is 18.2 Å². The van der Waals surface area contributed by atoms with Gasteiger partial charge in [0.25, 0.3) is 0 Å². The average Bonchev–Trinajstić information content (AvgIpc) is 2.28.